The van der Waals surface area contributed by atoms with Crippen molar-refractivity contribution in [3.8, 4) is 0 Å². The summed E-state index contributed by atoms with van der Waals surface area (Å²) in [5, 5.41) is 18.7. The number of hydrogen-bond donors (Lipinski definition) is 2. The van der Waals surface area contributed by atoms with Crippen LogP contribution >= 0.6 is 11.6 Å². The van der Waals surface area contributed by atoms with E-state index in [9.17, 15) is 15.0 Å². The molecule has 0 amide bonds. The van der Waals surface area contributed by atoms with Gasteiger partial charge in [0.05, 0.1) is 17.7 Å². The van der Waals surface area contributed by atoms with E-state index in [0.717, 1.165) is 0 Å². The fraction of sp³-hybridized carbons (Fsp3) is 0.333. The molecular formula is C9H10ClNO3. The van der Waals surface area contributed by atoms with Crippen LogP contribution in [-0.2, 0) is 0 Å². The predicted molar refractivity (Wildman–Crippen MR) is 51.3 cm³/mol. The highest BCUT2D eigenvalue weighted by molar-refractivity contribution is 6.18. The third-order valence-corrected chi connectivity index (χ3v) is 2.08. The van der Waals surface area contributed by atoms with Crippen molar-refractivity contribution in [2.75, 3.05) is 5.88 Å². The molecule has 1 aromatic heterocycles. The zero-order valence-corrected chi connectivity index (χ0v) is 8.05. The molecule has 5 heteroatoms. The summed E-state index contributed by atoms with van der Waals surface area (Å²) in [5.41, 5.74) is 0.638. The van der Waals surface area contributed by atoms with Gasteiger partial charge in [-0.1, -0.05) is 0 Å². The first-order chi connectivity index (χ1) is 6.69. The number of alkyl halides is 1. The number of aliphatic hydroxyl groups excluding tert-OH is 2. The number of hydrogen-bond acceptors (Lipinski definition) is 4. The Labute approximate surface area is 86.2 Å². The van der Waals surface area contributed by atoms with Gasteiger partial charge in [-0.05, 0) is 12.1 Å². The lowest BCUT2D eigenvalue weighted by Gasteiger charge is -2.14. The first-order valence-electron chi connectivity index (χ1n) is 4.02. The van der Waals surface area contributed by atoms with Gasteiger partial charge >= 0.3 is 0 Å². The van der Waals surface area contributed by atoms with Crippen LogP contribution in [0, 0.1) is 0 Å². The fourth-order valence-corrected chi connectivity index (χ4v) is 1.15. The molecule has 1 heterocycles. The lowest BCUT2D eigenvalue weighted by molar-refractivity contribution is 0.0299. The molecular weight excluding hydrogens is 206 g/mol. The number of nitrogens with zero attached hydrogens (tertiary/aromatic N) is 1. The standard InChI is InChI=1S/C9H10ClNO3/c10-4-8(13)9(14)7-3-6(5-12)1-2-11-7/h1-3,5,8-9,13-14H,4H2. The molecule has 0 aromatic carbocycles. The van der Waals surface area contributed by atoms with Gasteiger partial charge in [0.25, 0.3) is 0 Å². The first kappa shape index (κ1) is 11.1. The maximum atomic E-state index is 10.4. The van der Waals surface area contributed by atoms with Crippen LogP contribution in [0.3, 0.4) is 0 Å². The van der Waals surface area contributed by atoms with E-state index in [-0.39, 0.29) is 11.6 Å². The maximum Gasteiger partial charge on any atom is 0.150 e. The SMILES string of the molecule is O=Cc1ccnc(C(O)C(O)CCl)c1. The number of aldehydes is 1. The van der Waals surface area contributed by atoms with Crippen LogP contribution in [-0.4, -0.2) is 33.5 Å². The number of halogens is 1. The van der Waals surface area contributed by atoms with Gasteiger partial charge in [0.2, 0.25) is 0 Å². The van der Waals surface area contributed by atoms with E-state index in [1.165, 1.54) is 18.3 Å². The molecule has 2 unspecified atom stereocenters. The van der Waals surface area contributed by atoms with Crippen molar-refractivity contribution in [3.05, 3.63) is 29.6 Å². The van der Waals surface area contributed by atoms with E-state index >= 15 is 0 Å². The molecule has 0 bridgehead atoms. The fourth-order valence-electron chi connectivity index (χ4n) is 0.982. The van der Waals surface area contributed by atoms with Crippen molar-refractivity contribution in [2.45, 2.75) is 12.2 Å². The Bertz CT molecular complexity index is 319. The summed E-state index contributed by atoms with van der Waals surface area (Å²) in [6.45, 7) is 0. The molecule has 0 saturated heterocycles. The van der Waals surface area contributed by atoms with Gasteiger partial charge in [-0.15, -0.1) is 11.6 Å². The van der Waals surface area contributed by atoms with Crippen LogP contribution in [0.2, 0.25) is 0 Å². The summed E-state index contributed by atoms with van der Waals surface area (Å²) in [6, 6.07) is 2.92. The van der Waals surface area contributed by atoms with E-state index in [4.69, 9.17) is 11.6 Å². The third-order valence-electron chi connectivity index (χ3n) is 1.77. The van der Waals surface area contributed by atoms with Crippen LogP contribution in [0.1, 0.15) is 22.2 Å². The van der Waals surface area contributed by atoms with Crippen LogP contribution in [0.5, 0.6) is 0 Å². The highest BCUT2D eigenvalue weighted by atomic mass is 35.5. The Kier molecular flexibility index (Phi) is 4.00. The summed E-state index contributed by atoms with van der Waals surface area (Å²) >= 11 is 5.36. The summed E-state index contributed by atoms with van der Waals surface area (Å²) in [6.07, 6.45) is -0.202. The van der Waals surface area contributed by atoms with Gasteiger partial charge < -0.3 is 10.2 Å². The molecule has 1 aromatic rings. The third kappa shape index (κ3) is 2.51. The largest absolute Gasteiger partial charge is 0.389 e. The maximum absolute atomic E-state index is 10.4. The summed E-state index contributed by atoms with van der Waals surface area (Å²) in [5.74, 6) is -0.0891. The topological polar surface area (TPSA) is 70.4 Å². The van der Waals surface area contributed by atoms with Crippen molar-refractivity contribution in [1.29, 1.82) is 0 Å². The molecule has 76 valence electrons. The molecule has 4 nitrogen and oxygen atoms in total. The average molecular weight is 216 g/mol. The smallest absolute Gasteiger partial charge is 0.150 e. The molecule has 2 N–H and O–H groups in total. The monoisotopic (exact) mass is 215 g/mol. The molecule has 0 spiro atoms. The van der Waals surface area contributed by atoms with Gasteiger partial charge in [-0.2, -0.15) is 0 Å². The molecule has 0 aliphatic heterocycles. The van der Waals surface area contributed by atoms with Gasteiger partial charge in [-0.3, -0.25) is 9.78 Å². The second kappa shape index (κ2) is 5.05. The van der Waals surface area contributed by atoms with Crippen molar-refractivity contribution >= 4 is 17.9 Å². The second-order valence-corrected chi connectivity index (χ2v) is 3.11. The Balaban J connectivity index is 2.89. The predicted octanol–water partition coefficient (Wildman–Crippen LogP) is 0.527. The summed E-state index contributed by atoms with van der Waals surface area (Å²) in [7, 11) is 0. The molecule has 0 aliphatic rings. The van der Waals surface area contributed by atoms with Gasteiger partial charge in [0.15, 0.2) is 0 Å². The number of carbonyl (C=O) groups is 1. The van der Waals surface area contributed by atoms with Crippen molar-refractivity contribution in [2.24, 2.45) is 0 Å². The Hall–Kier alpha value is -0.970. The normalized spacial score (nSPS) is 14.8. The molecule has 0 radical (unpaired) electrons. The van der Waals surface area contributed by atoms with E-state index in [1.807, 2.05) is 0 Å². The minimum atomic E-state index is -1.16. The van der Waals surface area contributed by atoms with E-state index in [1.54, 1.807) is 0 Å². The Morgan fingerprint density at radius 3 is 2.86 bits per heavy atom. The van der Waals surface area contributed by atoms with Crippen LogP contribution in [0.25, 0.3) is 0 Å². The molecule has 1 rings (SSSR count). The van der Waals surface area contributed by atoms with Gasteiger partial charge in [0.1, 0.15) is 12.4 Å². The Morgan fingerprint density at radius 1 is 1.57 bits per heavy atom. The lowest BCUT2D eigenvalue weighted by atomic mass is 10.1. The molecule has 0 aliphatic carbocycles. The quantitative estimate of drug-likeness (QED) is 0.568. The van der Waals surface area contributed by atoms with Crippen LogP contribution in [0.15, 0.2) is 18.3 Å². The van der Waals surface area contributed by atoms with Crippen molar-refractivity contribution in [1.82, 2.24) is 4.98 Å². The zero-order chi connectivity index (χ0) is 10.6. The molecule has 2 atom stereocenters. The number of aromatic nitrogens is 1. The van der Waals surface area contributed by atoms with Gasteiger partial charge in [0, 0.05) is 11.8 Å². The average Bonchev–Trinajstić information content (AvgIpc) is 2.27. The zero-order valence-electron chi connectivity index (χ0n) is 7.30. The van der Waals surface area contributed by atoms with E-state index in [2.05, 4.69) is 4.98 Å². The van der Waals surface area contributed by atoms with Crippen LogP contribution in [0.4, 0.5) is 0 Å². The minimum Gasteiger partial charge on any atom is -0.389 e. The summed E-state index contributed by atoms with van der Waals surface area (Å²) < 4.78 is 0. The minimum absolute atomic E-state index is 0.0891. The first-order valence-corrected chi connectivity index (χ1v) is 4.55. The Morgan fingerprint density at radius 2 is 2.29 bits per heavy atom. The number of pyridine rings is 1. The molecule has 0 saturated carbocycles. The van der Waals surface area contributed by atoms with Gasteiger partial charge in [-0.25, -0.2) is 0 Å². The van der Waals surface area contributed by atoms with Crippen molar-refractivity contribution in [3.63, 3.8) is 0 Å². The highest BCUT2D eigenvalue weighted by Gasteiger charge is 2.18. The molecule has 14 heavy (non-hydrogen) atoms. The second-order valence-electron chi connectivity index (χ2n) is 2.80. The van der Waals surface area contributed by atoms with Crippen molar-refractivity contribution < 1.29 is 15.0 Å². The molecule has 0 fully saturated rings. The number of aliphatic hydroxyl groups is 2. The van der Waals surface area contributed by atoms with E-state index in [0.29, 0.717) is 11.8 Å². The lowest BCUT2D eigenvalue weighted by Crippen LogP contribution is -2.20. The number of carbonyl (C=O) groups excluding carboxylic acids is 1. The summed E-state index contributed by atoms with van der Waals surface area (Å²) in [4.78, 5) is 14.3. The number of rotatable bonds is 4. The van der Waals surface area contributed by atoms with E-state index < -0.39 is 12.2 Å². The highest BCUT2D eigenvalue weighted by Crippen LogP contribution is 2.15. The van der Waals surface area contributed by atoms with Crippen LogP contribution < -0.4 is 0 Å².